The van der Waals surface area contributed by atoms with Crippen LogP contribution < -0.4 is 9.47 Å². The van der Waals surface area contributed by atoms with Crippen LogP contribution in [0.25, 0.3) is 0 Å². The molecule has 5 heteroatoms. The lowest BCUT2D eigenvalue weighted by Gasteiger charge is -2.26. The van der Waals surface area contributed by atoms with Crippen LogP contribution >= 0.6 is 15.9 Å². The molecular weight excluding hydrogens is 408 g/mol. The Morgan fingerprint density at radius 3 is 2.04 bits per heavy atom. The summed E-state index contributed by atoms with van der Waals surface area (Å²) in [5, 5.41) is 0. The second-order valence-electron chi connectivity index (χ2n) is 7.07. The smallest absolute Gasteiger partial charge is 0.187 e. The fourth-order valence-electron chi connectivity index (χ4n) is 3.06. The second-order valence-corrected chi connectivity index (χ2v) is 7.92. The molecule has 1 saturated heterocycles. The first-order valence-corrected chi connectivity index (χ1v) is 11.4. The van der Waals surface area contributed by atoms with E-state index < -0.39 is 0 Å². The van der Waals surface area contributed by atoms with E-state index in [1.54, 1.807) is 0 Å². The molecule has 0 N–H and O–H groups in total. The molecule has 2 rings (SSSR count). The Hall–Kier alpha value is -0.780. The second kappa shape index (κ2) is 13.4. The minimum absolute atomic E-state index is 0.375. The van der Waals surface area contributed by atoms with Gasteiger partial charge in [0.15, 0.2) is 6.29 Å². The lowest BCUT2D eigenvalue weighted by molar-refractivity contribution is -0.183. The molecule has 1 aromatic carbocycles. The maximum absolute atomic E-state index is 6.08. The summed E-state index contributed by atoms with van der Waals surface area (Å²) in [4.78, 5) is 0. The van der Waals surface area contributed by atoms with Gasteiger partial charge in [-0.25, -0.2) is 0 Å². The molecule has 1 fully saturated rings. The number of hydrogen-bond acceptors (Lipinski definition) is 4. The van der Waals surface area contributed by atoms with E-state index in [2.05, 4.69) is 29.8 Å². The van der Waals surface area contributed by atoms with E-state index in [0.29, 0.717) is 19.8 Å². The van der Waals surface area contributed by atoms with Gasteiger partial charge in [-0.3, -0.25) is 0 Å². The highest BCUT2D eigenvalue weighted by atomic mass is 79.9. The first kappa shape index (κ1) is 22.5. The van der Waals surface area contributed by atoms with Gasteiger partial charge in [0, 0.05) is 0 Å². The third-order valence-corrected chi connectivity index (χ3v) is 5.28. The van der Waals surface area contributed by atoms with Gasteiger partial charge in [0.2, 0.25) is 0 Å². The quantitative estimate of drug-likeness (QED) is 0.314. The van der Waals surface area contributed by atoms with Gasteiger partial charge in [-0.1, -0.05) is 52.4 Å². The number of hydrogen-bond donors (Lipinski definition) is 0. The van der Waals surface area contributed by atoms with Gasteiger partial charge < -0.3 is 18.9 Å². The standard InChI is InChI=1S/C22H35BrO4/c1-3-5-7-9-12-24-20-17-19(23)21(25-13-10-8-6-4-2)16-18(20)22-26-14-11-15-27-22/h16-17,22H,3-15H2,1-2H3. The van der Waals surface area contributed by atoms with Crippen LogP contribution in [0.3, 0.4) is 0 Å². The predicted molar refractivity (Wildman–Crippen MR) is 113 cm³/mol. The maximum atomic E-state index is 6.08. The zero-order valence-electron chi connectivity index (χ0n) is 16.9. The van der Waals surface area contributed by atoms with E-state index in [-0.39, 0.29) is 6.29 Å². The Labute approximate surface area is 173 Å². The Balaban J connectivity index is 2.03. The number of rotatable bonds is 13. The molecule has 4 nitrogen and oxygen atoms in total. The van der Waals surface area contributed by atoms with Crippen molar-refractivity contribution in [1.29, 1.82) is 0 Å². The van der Waals surface area contributed by atoms with Crippen molar-refractivity contribution in [2.45, 2.75) is 77.9 Å². The fraction of sp³-hybridized carbons (Fsp3) is 0.727. The highest BCUT2D eigenvalue weighted by Gasteiger charge is 2.23. The minimum atomic E-state index is -0.375. The van der Waals surface area contributed by atoms with Crippen molar-refractivity contribution in [3.8, 4) is 11.5 Å². The average molecular weight is 443 g/mol. The summed E-state index contributed by atoms with van der Waals surface area (Å²) >= 11 is 3.64. The molecule has 1 aromatic rings. The summed E-state index contributed by atoms with van der Waals surface area (Å²) in [6.45, 7) is 7.29. The van der Waals surface area contributed by atoms with Crippen LogP contribution in [0, 0.1) is 0 Å². The van der Waals surface area contributed by atoms with E-state index in [9.17, 15) is 0 Å². The Morgan fingerprint density at radius 2 is 1.44 bits per heavy atom. The van der Waals surface area contributed by atoms with Gasteiger partial charge in [-0.05, 0) is 47.3 Å². The third-order valence-electron chi connectivity index (χ3n) is 4.66. The van der Waals surface area contributed by atoms with Crippen molar-refractivity contribution in [2.75, 3.05) is 26.4 Å². The molecule has 1 aliphatic heterocycles. The average Bonchev–Trinajstić information content (AvgIpc) is 2.69. The molecule has 27 heavy (non-hydrogen) atoms. The van der Waals surface area contributed by atoms with Crippen molar-refractivity contribution in [3.05, 3.63) is 22.2 Å². The number of ether oxygens (including phenoxy) is 4. The Bertz CT molecular complexity index is 529. The summed E-state index contributed by atoms with van der Waals surface area (Å²) in [5.41, 5.74) is 0.928. The first-order valence-electron chi connectivity index (χ1n) is 10.6. The van der Waals surface area contributed by atoms with Crippen LogP contribution in [0.4, 0.5) is 0 Å². The van der Waals surface area contributed by atoms with Crippen LogP contribution in [-0.4, -0.2) is 26.4 Å². The molecule has 0 radical (unpaired) electrons. The van der Waals surface area contributed by atoms with Crippen molar-refractivity contribution in [1.82, 2.24) is 0 Å². The molecule has 0 unspecified atom stereocenters. The van der Waals surface area contributed by atoms with E-state index in [0.717, 1.165) is 47.4 Å². The Kier molecular flexibility index (Phi) is 11.2. The summed E-state index contributed by atoms with van der Waals surface area (Å²) in [5.74, 6) is 1.65. The van der Waals surface area contributed by atoms with Crippen molar-refractivity contribution >= 4 is 15.9 Å². The van der Waals surface area contributed by atoms with Gasteiger partial charge in [0.25, 0.3) is 0 Å². The topological polar surface area (TPSA) is 36.9 Å². The highest BCUT2D eigenvalue weighted by Crippen LogP contribution is 2.39. The zero-order chi connectivity index (χ0) is 19.3. The van der Waals surface area contributed by atoms with Gasteiger partial charge in [0.05, 0.1) is 36.5 Å². The van der Waals surface area contributed by atoms with Crippen LogP contribution in [0.15, 0.2) is 16.6 Å². The van der Waals surface area contributed by atoms with E-state index >= 15 is 0 Å². The van der Waals surface area contributed by atoms with Crippen LogP contribution in [0.2, 0.25) is 0 Å². The first-order chi connectivity index (χ1) is 13.3. The van der Waals surface area contributed by atoms with E-state index in [1.165, 1.54) is 38.5 Å². The van der Waals surface area contributed by atoms with Gasteiger partial charge >= 0.3 is 0 Å². The van der Waals surface area contributed by atoms with Gasteiger partial charge in [0.1, 0.15) is 11.5 Å². The van der Waals surface area contributed by atoms with Crippen molar-refractivity contribution in [3.63, 3.8) is 0 Å². The van der Waals surface area contributed by atoms with E-state index in [1.807, 2.05) is 12.1 Å². The lowest BCUT2D eigenvalue weighted by atomic mass is 10.1. The molecule has 0 saturated carbocycles. The number of unbranched alkanes of at least 4 members (excludes halogenated alkanes) is 6. The largest absolute Gasteiger partial charge is 0.493 e. The molecule has 0 bridgehead atoms. The third kappa shape index (κ3) is 8.00. The SMILES string of the molecule is CCCCCCOc1cc(C2OCCCO2)c(OCCCCCC)cc1Br. The molecule has 0 spiro atoms. The predicted octanol–water partition coefficient (Wildman–Crippen LogP) is 6.80. The van der Waals surface area contributed by atoms with Crippen LogP contribution in [0.5, 0.6) is 11.5 Å². The lowest BCUT2D eigenvalue weighted by Crippen LogP contribution is -2.19. The molecule has 1 heterocycles. The molecule has 154 valence electrons. The monoisotopic (exact) mass is 442 g/mol. The zero-order valence-corrected chi connectivity index (χ0v) is 18.5. The minimum Gasteiger partial charge on any atom is -0.493 e. The van der Waals surface area contributed by atoms with E-state index in [4.69, 9.17) is 18.9 Å². The molecule has 0 amide bonds. The normalized spacial score (nSPS) is 15.1. The Morgan fingerprint density at radius 1 is 0.852 bits per heavy atom. The summed E-state index contributed by atoms with van der Waals surface area (Å²) < 4.78 is 24.7. The summed E-state index contributed by atoms with van der Waals surface area (Å²) in [6.07, 6.45) is 10.1. The van der Waals surface area contributed by atoms with Crippen LogP contribution in [-0.2, 0) is 9.47 Å². The van der Waals surface area contributed by atoms with Gasteiger partial charge in [-0.15, -0.1) is 0 Å². The number of benzene rings is 1. The number of halogens is 1. The molecule has 0 atom stereocenters. The summed E-state index contributed by atoms with van der Waals surface area (Å²) in [7, 11) is 0. The highest BCUT2D eigenvalue weighted by molar-refractivity contribution is 9.10. The maximum Gasteiger partial charge on any atom is 0.187 e. The summed E-state index contributed by atoms with van der Waals surface area (Å²) in [6, 6.07) is 4.01. The van der Waals surface area contributed by atoms with Crippen molar-refractivity contribution < 1.29 is 18.9 Å². The molecule has 0 aromatic heterocycles. The van der Waals surface area contributed by atoms with Crippen LogP contribution in [0.1, 0.15) is 83.5 Å². The fourth-order valence-corrected chi connectivity index (χ4v) is 3.50. The molecular formula is C22H35BrO4. The van der Waals surface area contributed by atoms with Crippen molar-refractivity contribution in [2.24, 2.45) is 0 Å². The van der Waals surface area contributed by atoms with Gasteiger partial charge in [-0.2, -0.15) is 0 Å². The molecule has 1 aliphatic rings. The molecule has 0 aliphatic carbocycles.